The molecule has 2 N–H and O–H groups in total. The Kier molecular flexibility index (Phi) is 6.22. The van der Waals surface area contributed by atoms with Crippen molar-refractivity contribution < 1.29 is 14.0 Å². The highest BCUT2D eigenvalue weighted by Gasteiger charge is 2.15. The van der Waals surface area contributed by atoms with Crippen LogP contribution >= 0.6 is 15.9 Å². The zero-order chi connectivity index (χ0) is 19.1. The van der Waals surface area contributed by atoms with Crippen molar-refractivity contribution in [1.82, 2.24) is 10.6 Å². The summed E-state index contributed by atoms with van der Waals surface area (Å²) in [5, 5.41) is 5.47. The highest BCUT2D eigenvalue weighted by Crippen LogP contribution is 2.12. The number of furan rings is 1. The SMILES string of the molecule is O=C(NCc1ccccc1)/C(=C/c1ccco1)NC(=O)c1ccc(Br)cc1. The van der Waals surface area contributed by atoms with E-state index in [4.69, 9.17) is 4.42 Å². The number of carbonyl (C=O) groups is 2. The summed E-state index contributed by atoms with van der Waals surface area (Å²) in [5.41, 5.74) is 1.51. The summed E-state index contributed by atoms with van der Waals surface area (Å²) in [6, 6.07) is 19.8. The molecular formula is C21H17BrN2O3. The van der Waals surface area contributed by atoms with Gasteiger partial charge < -0.3 is 15.1 Å². The van der Waals surface area contributed by atoms with Crippen LogP contribution in [0.1, 0.15) is 21.7 Å². The van der Waals surface area contributed by atoms with Gasteiger partial charge in [0.2, 0.25) is 0 Å². The van der Waals surface area contributed by atoms with Crippen LogP contribution in [0.3, 0.4) is 0 Å². The van der Waals surface area contributed by atoms with E-state index in [2.05, 4.69) is 26.6 Å². The molecule has 0 saturated carbocycles. The molecule has 0 aliphatic carbocycles. The van der Waals surface area contributed by atoms with Crippen LogP contribution in [0.25, 0.3) is 6.08 Å². The predicted molar refractivity (Wildman–Crippen MR) is 107 cm³/mol. The molecule has 2 amide bonds. The summed E-state index contributed by atoms with van der Waals surface area (Å²) in [5.74, 6) is -0.313. The Bertz CT molecular complexity index is 933. The molecule has 0 unspecified atom stereocenters. The van der Waals surface area contributed by atoms with Gasteiger partial charge in [0.05, 0.1) is 6.26 Å². The summed E-state index contributed by atoms with van der Waals surface area (Å²) in [4.78, 5) is 25.1. The van der Waals surface area contributed by atoms with Crippen molar-refractivity contribution in [1.29, 1.82) is 0 Å². The number of rotatable bonds is 6. The fourth-order valence-corrected chi connectivity index (χ4v) is 2.61. The summed E-state index contributed by atoms with van der Waals surface area (Å²) >= 11 is 3.33. The molecule has 0 atom stereocenters. The van der Waals surface area contributed by atoms with E-state index in [0.717, 1.165) is 10.0 Å². The number of amides is 2. The summed E-state index contributed by atoms with van der Waals surface area (Å²) < 4.78 is 6.13. The maximum Gasteiger partial charge on any atom is 0.268 e. The van der Waals surface area contributed by atoms with Crippen molar-refractivity contribution in [3.8, 4) is 0 Å². The van der Waals surface area contributed by atoms with Crippen LogP contribution in [-0.2, 0) is 11.3 Å². The molecule has 1 aromatic heterocycles. The van der Waals surface area contributed by atoms with Crippen LogP contribution in [0.2, 0.25) is 0 Å². The molecule has 3 aromatic rings. The smallest absolute Gasteiger partial charge is 0.268 e. The van der Waals surface area contributed by atoms with Gasteiger partial charge in [-0.2, -0.15) is 0 Å². The van der Waals surface area contributed by atoms with E-state index in [9.17, 15) is 9.59 Å². The van der Waals surface area contributed by atoms with Crippen LogP contribution in [0.5, 0.6) is 0 Å². The minimum absolute atomic E-state index is 0.105. The van der Waals surface area contributed by atoms with Gasteiger partial charge >= 0.3 is 0 Å². The number of halogens is 1. The normalized spacial score (nSPS) is 11.1. The largest absolute Gasteiger partial charge is 0.465 e. The molecule has 0 saturated heterocycles. The van der Waals surface area contributed by atoms with Gasteiger partial charge in [-0.3, -0.25) is 9.59 Å². The molecule has 0 bridgehead atoms. The lowest BCUT2D eigenvalue weighted by Gasteiger charge is -2.11. The third-order valence-electron chi connectivity index (χ3n) is 3.72. The zero-order valence-electron chi connectivity index (χ0n) is 14.3. The van der Waals surface area contributed by atoms with Crippen molar-refractivity contribution in [3.05, 3.63) is 100 Å². The molecule has 1 heterocycles. The zero-order valence-corrected chi connectivity index (χ0v) is 15.9. The Morgan fingerprint density at radius 3 is 2.37 bits per heavy atom. The average molecular weight is 425 g/mol. The van der Waals surface area contributed by atoms with E-state index in [1.54, 1.807) is 36.4 Å². The fourth-order valence-electron chi connectivity index (χ4n) is 2.34. The van der Waals surface area contributed by atoms with E-state index >= 15 is 0 Å². The number of carbonyl (C=O) groups excluding carboxylic acids is 2. The van der Waals surface area contributed by atoms with Crippen LogP contribution in [0.15, 0.2) is 87.6 Å². The topological polar surface area (TPSA) is 71.3 Å². The average Bonchev–Trinajstić information content (AvgIpc) is 3.20. The first-order chi connectivity index (χ1) is 13.1. The van der Waals surface area contributed by atoms with Gasteiger partial charge in [0.15, 0.2) is 0 Å². The van der Waals surface area contributed by atoms with Crippen molar-refractivity contribution in [2.45, 2.75) is 6.54 Å². The second-order valence-corrected chi connectivity index (χ2v) is 6.62. The molecule has 5 nitrogen and oxygen atoms in total. The van der Waals surface area contributed by atoms with Gasteiger partial charge in [0.1, 0.15) is 11.5 Å². The van der Waals surface area contributed by atoms with Gasteiger partial charge in [-0.1, -0.05) is 46.3 Å². The molecule has 3 rings (SSSR count). The quantitative estimate of drug-likeness (QED) is 0.584. The number of hydrogen-bond donors (Lipinski definition) is 2. The van der Waals surface area contributed by atoms with Crippen molar-refractivity contribution >= 4 is 33.8 Å². The Labute approximate surface area is 165 Å². The highest BCUT2D eigenvalue weighted by molar-refractivity contribution is 9.10. The lowest BCUT2D eigenvalue weighted by molar-refractivity contribution is -0.117. The molecule has 0 aliphatic heterocycles. The first-order valence-electron chi connectivity index (χ1n) is 8.26. The number of nitrogens with one attached hydrogen (secondary N) is 2. The van der Waals surface area contributed by atoms with Crippen LogP contribution in [0, 0.1) is 0 Å². The summed E-state index contributed by atoms with van der Waals surface area (Å²) in [6.07, 6.45) is 3.00. The molecule has 0 spiro atoms. The van der Waals surface area contributed by atoms with Crippen molar-refractivity contribution in [3.63, 3.8) is 0 Å². The lowest BCUT2D eigenvalue weighted by Crippen LogP contribution is -2.34. The molecule has 0 radical (unpaired) electrons. The van der Waals surface area contributed by atoms with Gasteiger partial charge in [-0.25, -0.2) is 0 Å². The first-order valence-corrected chi connectivity index (χ1v) is 9.05. The van der Waals surface area contributed by atoms with E-state index in [1.807, 2.05) is 30.3 Å². The molecule has 27 heavy (non-hydrogen) atoms. The summed E-state index contributed by atoms with van der Waals surface area (Å²) in [7, 11) is 0. The predicted octanol–water partition coefficient (Wildman–Crippen LogP) is 4.13. The minimum atomic E-state index is -0.402. The van der Waals surface area contributed by atoms with Crippen LogP contribution in [-0.4, -0.2) is 11.8 Å². The molecule has 136 valence electrons. The van der Waals surface area contributed by atoms with Crippen LogP contribution < -0.4 is 10.6 Å². The molecule has 0 fully saturated rings. The maximum atomic E-state index is 12.6. The fraction of sp³-hybridized carbons (Fsp3) is 0.0476. The van der Waals surface area contributed by atoms with Gasteiger partial charge in [0, 0.05) is 22.7 Å². The monoisotopic (exact) mass is 424 g/mol. The minimum Gasteiger partial charge on any atom is -0.465 e. The van der Waals surface area contributed by atoms with E-state index in [0.29, 0.717) is 17.9 Å². The standard InChI is InChI=1S/C21H17BrN2O3/c22-17-10-8-16(9-11-17)20(25)24-19(13-18-7-4-12-27-18)21(26)23-14-15-5-2-1-3-6-15/h1-13H,14H2,(H,23,26)(H,24,25)/b19-13-. The van der Waals surface area contributed by atoms with Crippen molar-refractivity contribution in [2.24, 2.45) is 0 Å². The van der Waals surface area contributed by atoms with E-state index in [-0.39, 0.29) is 11.6 Å². The number of benzene rings is 2. The second-order valence-electron chi connectivity index (χ2n) is 5.70. The first kappa shape index (κ1) is 18.7. The van der Waals surface area contributed by atoms with Crippen molar-refractivity contribution in [2.75, 3.05) is 0 Å². The second kappa shape index (κ2) is 9.00. The van der Waals surface area contributed by atoms with Gasteiger partial charge in [-0.05, 0) is 42.0 Å². The molecular weight excluding hydrogens is 408 g/mol. The highest BCUT2D eigenvalue weighted by atomic mass is 79.9. The lowest BCUT2D eigenvalue weighted by atomic mass is 10.2. The Morgan fingerprint density at radius 2 is 1.70 bits per heavy atom. The van der Waals surface area contributed by atoms with Gasteiger partial charge in [-0.15, -0.1) is 0 Å². The van der Waals surface area contributed by atoms with Gasteiger partial charge in [0.25, 0.3) is 11.8 Å². The maximum absolute atomic E-state index is 12.6. The third-order valence-corrected chi connectivity index (χ3v) is 4.25. The Morgan fingerprint density at radius 1 is 0.963 bits per heavy atom. The Balaban J connectivity index is 1.75. The van der Waals surface area contributed by atoms with E-state index < -0.39 is 5.91 Å². The number of hydrogen-bond acceptors (Lipinski definition) is 3. The Hall–Kier alpha value is -3.12. The molecule has 0 aliphatic rings. The molecule has 6 heteroatoms. The van der Waals surface area contributed by atoms with E-state index in [1.165, 1.54) is 12.3 Å². The third kappa shape index (κ3) is 5.43. The molecule has 2 aromatic carbocycles. The van der Waals surface area contributed by atoms with Crippen LogP contribution in [0.4, 0.5) is 0 Å². The summed E-state index contributed by atoms with van der Waals surface area (Å²) in [6.45, 7) is 0.351.